The molecule has 6 heteroatoms. The molecule has 1 amide bonds. The number of carbonyl (C=O) groups is 2. The number of terminal acetylenes is 1. The number of hydrogen-bond acceptors (Lipinski definition) is 5. The number of amides is 1. The van der Waals surface area contributed by atoms with Crippen LogP contribution in [0.25, 0.3) is 0 Å². The first-order valence-corrected chi connectivity index (χ1v) is 11.2. The molecule has 0 radical (unpaired) electrons. The summed E-state index contributed by atoms with van der Waals surface area (Å²) in [6, 6.07) is -0.563. The second kappa shape index (κ2) is 16.3. The summed E-state index contributed by atoms with van der Waals surface area (Å²) in [5, 5.41) is 2.68. The van der Waals surface area contributed by atoms with Crippen molar-refractivity contribution in [3.63, 3.8) is 0 Å². The fourth-order valence-electron chi connectivity index (χ4n) is 3.36. The van der Waals surface area contributed by atoms with Gasteiger partial charge in [-0.2, -0.15) is 0 Å². The topological polar surface area (TPSA) is 67.9 Å². The van der Waals surface area contributed by atoms with Gasteiger partial charge in [0.25, 0.3) is 0 Å². The van der Waals surface area contributed by atoms with E-state index in [9.17, 15) is 9.59 Å². The van der Waals surface area contributed by atoms with Crippen LogP contribution in [0.1, 0.15) is 53.4 Å². The molecule has 180 valence electrons. The molecule has 3 atom stereocenters. The van der Waals surface area contributed by atoms with Gasteiger partial charge in [-0.1, -0.05) is 37.3 Å². The van der Waals surface area contributed by atoms with Gasteiger partial charge in [0, 0.05) is 18.6 Å². The molecule has 0 spiro atoms. The highest BCUT2D eigenvalue weighted by molar-refractivity contribution is 5.73. The van der Waals surface area contributed by atoms with Crippen molar-refractivity contribution in [2.75, 3.05) is 26.8 Å². The van der Waals surface area contributed by atoms with Crippen LogP contribution in [-0.4, -0.2) is 61.8 Å². The Labute approximate surface area is 195 Å². The average molecular weight is 447 g/mol. The van der Waals surface area contributed by atoms with Crippen LogP contribution in [-0.2, 0) is 14.3 Å². The minimum atomic E-state index is -0.674. The van der Waals surface area contributed by atoms with Crippen molar-refractivity contribution >= 4 is 12.4 Å². The van der Waals surface area contributed by atoms with Gasteiger partial charge in [-0.05, 0) is 72.5 Å². The largest absolute Gasteiger partial charge is 0.444 e. The van der Waals surface area contributed by atoms with Crippen LogP contribution < -0.4 is 5.32 Å². The van der Waals surface area contributed by atoms with Crippen LogP contribution in [0.5, 0.6) is 0 Å². The lowest BCUT2D eigenvalue weighted by atomic mass is 9.85. The van der Waals surface area contributed by atoms with E-state index in [0.29, 0.717) is 19.6 Å². The molecule has 0 saturated heterocycles. The van der Waals surface area contributed by atoms with Gasteiger partial charge >= 0.3 is 6.09 Å². The lowest BCUT2D eigenvalue weighted by Crippen LogP contribution is -2.44. The zero-order valence-corrected chi connectivity index (χ0v) is 20.6. The van der Waals surface area contributed by atoms with E-state index in [1.54, 1.807) is 32.9 Å². The number of allylic oxidation sites excluding steroid dienone is 3. The number of rotatable bonds is 16. The van der Waals surface area contributed by atoms with Gasteiger partial charge in [-0.15, -0.1) is 6.42 Å². The Bertz CT molecular complexity index is 658. The molecule has 1 N–H and O–H groups in total. The molecule has 0 bridgehead atoms. The smallest absolute Gasteiger partial charge is 0.408 e. The molecule has 32 heavy (non-hydrogen) atoms. The molecule has 0 aliphatic heterocycles. The second-order valence-electron chi connectivity index (χ2n) is 8.88. The number of carbonyl (C=O) groups excluding carboxylic acids is 2. The third-order valence-corrected chi connectivity index (χ3v) is 5.11. The number of alkyl carbamates (subject to hydrolysis) is 1. The van der Waals surface area contributed by atoms with Gasteiger partial charge in [-0.3, -0.25) is 0 Å². The summed E-state index contributed by atoms with van der Waals surface area (Å²) >= 11 is 0. The Morgan fingerprint density at radius 3 is 2.47 bits per heavy atom. The SMILES string of the molecule is C#CCOCCCCCN(C)C(C)C(CC(C=O)NC(=O)OC(C)(C)C)/C(C=C)=C/C=C. The Hall–Kier alpha value is -2.36. The lowest BCUT2D eigenvalue weighted by molar-refractivity contribution is -0.110. The van der Waals surface area contributed by atoms with E-state index in [0.717, 1.165) is 37.7 Å². The predicted octanol–water partition coefficient (Wildman–Crippen LogP) is 4.52. The van der Waals surface area contributed by atoms with E-state index in [-0.39, 0.29) is 12.0 Å². The first kappa shape index (κ1) is 29.6. The van der Waals surface area contributed by atoms with Gasteiger partial charge in [0.05, 0.1) is 6.04 Å². The fourth-order valence-corrected chi connectivity index (χ4v) is 3.36. The van der Waals surface area contributed by atoms with E-state index >= 15 is 0 Å². The Kier molecular flexibility index (Phi) is 15.1. The van der Waals surface area contributed by atoms with Crippen molar-refractivity contribution in [2.24, 2.45) is 5.92 Å². The van der Waals surface area contributed by atoms with Gasteiger partial charge in [0.15, 0.2) is 0 Å². The van der Waals surface area contributed by atoms with Crippen molar-refractivity contribution < 1.29 is 19.1 Å². The summed E-state index contributed by atoms with van der Waals surface area (Å²) < 4.78 is 10.6. The van der Waals surface area contributed by atoms with Crippen LogP contribution in [0.2, 0.25) is 0 Å². The first-order valence-electron chi connectivity index (χ1n) is 11.2. The third kappa shape index (κ3) is 13.1. The van der Waals surface area contributed by atoms with E-state index in [1.165, 1.54) is 0 Å². The molecule has 0 aliphatic rings. The Morgan fingerprint density at radius 1 is 1.25 bits per heavy atom. The highest BCUT2D eigenvalue weighted by Gasteiger charge is 2.28. The summed E-state index contributed by atoms with van der Waals surface area (Å²) in [6.07, 6.45) is 14.2. The van der Waals surface area contributed by atoms with Crippen LogP contribution in [0.3, 0.4) is 0 Å². The van der Waals surface area contributed by atoms with E-state index in [4.69, 9.17) is 15.9 Å². The average Bonchev–Trinajstić information content (AvgIpc) is 2.72. The number of nitrogens with zero attached hydrogens (tertiary/aromatic N) is 1. The number of unbranched alkanes of at least 4 members (excludes halogenated alkanes) is 2. The third-order valence-electron chi connectivity index (χ3n) is 5.11. The molecule has 0 aromatic carbocycles. The minimum absolute atomic E-state index is 0.0281. The Morgan fingerprint density at radius 2 is 1.94 bits per heavy atom. The standard InChI is InChI=1S/C26H42N2O4/c1-9-15-22(11-3)24(19-23(20-29)27-25(30)32-26(5,6)7)21(4)28(8)16-13-12-14-18-31-17-10-2/h2,9,11,15,20-21,23-24H,1,3,12-14,16-19H2,4-8H3,(H,27,30)/b22-15+. The van der Waals surface area contributed by atoms with Crippen LogP contribution in [0.4, 0.5) is 4.79 Å². The van der Waals surface area contributed by atoms with Crippen LogP contribution in [0, 0.1) is 18.3 Å². The fraction of sp³-hybridized carbons (Fsp3) is 0.615. The molecule has 3 unspecified atom stereocenters. The maximum absolute atomic E-state index is 12.2. The molecule has 0 aromatic heterocycles. The van der Waals surface area contributed by atoms with Crippen molar-refractivity contribution in [2.45, 2.75) is 71.1 Å². The number of ether oxygens (including phenoxy) is 2. The normalized spacial score (nSPS) is 14.7. The highest BCUT2D eigenvalue weighted by atomic mass is 16.6. The van der Waals surface area contributed by atoms with Crippen molar-refractivity contribution in [1.82, 2.24) is 10.2 Å². The van der Waals surface area contributed by atoms with Gasteiger partial charge in [0.1, 0.15) is 18.5 Å². The summed E-state index contributed by atoms with van der Waals surface area (Å²) in [7, 11) is 2.07. The molecular weight excluding hydrogens is 404 g/mol. The first-order chi connectivity index (χ1) is 15.1. The van der Waals surface area contributed by atoms with Crippen LogP contribution >= 0.6 is 0 Å². The summed E-state index contributed by atoms with van der Waals surface area (Å²) in [6.45, 7) is 17.1. The second-order valence-corrected chi connectivity index (χ2v) is 8.88. The maximum Gasteiger partial charge on any atom is 0.408 e. The zero-order valence-electron chi connectivity index (χ0n) is 20.6. The number of aldehydes is 1. The molecular formula is C26H42N2O4. The highest BCUT2D eigenvalue weighted by Crippen LogP contribution is 2.26. The van der Waals surface area contributed by atoms with E-state index in [2.05, 4.69) is 43.3 Å². The molecule has 0 fully saturated rings. The van der Waals surface area contributed by atoms with Crippen molar-refractivity contribution in [3.8, 4) is 12.3 Å². The molecule has 0 saturated carbocycles. The number of hydrogen-bond donors (Lipinski definition) is 1. The zero-order chi connectivity index (χ0) is 24.6. The monoisotopic (exact) mass is 446 g/mol. The molecule has 0 aliphatic carbocycles. The summed E-state index contributed by atoms with van der Waals surface area (Å²) in [5.74, 6) is 2.44. The van der Waals surface area contributed by atoms with Crippen molar-refractivity contribution in [1.29, 1.82) is 0 Å². The van der Waals surface area contributed by atoms with Crippen LogP contribution in [0.15, 0.2) is 37.0 Å². The van der Waals surface area contributed by atoms with Gasteiger partial charge < -0.3 is 24.5 Å². The molecule has 0 aromatic rings. The van der Waals surface area contributed by atoms with E-state index < -0.39 is 17.7 Å². The van der Waals surface area contributed by atoms with Gasteiger partial charge in [0.2, 0.25) is 0 Å². The minimum Gasteiger partial charge on any atom is -0.444 e. The molecule has 6 nitrogen and oxygen atoms in total. The summed E-state index contributed by atoms with van der Waals surface area (Å²) in [5.41, 5.74) is 0.338. The maximum atomic E-state index is 12.2. The van der Waals surface area contributed by atoms with Crippen molar-refractivity contribution in [3.05, 3.63) is 37.0 Å². The lowest BCUT2D eigenvalue weighted by Gasteiger charge is -2.34. The molecule has 0 rings (SSSR count). The Balaban J connectivity index is 5.11. The predicted molar refractivity (Wildman–Crippen MR) is 131 cm³/mol. The number of nitrogens with one attached hydrogen (secondary N) is 1. The quantitative estimate of drug-likeness (QED) is 0.163. The van der Waals surface area contributed by atoms with E-state index in [1.807, 2.05) is 6.08 Å². The van der Waals surface area contributed by atoms with Gasteiger partial charge in [-0.25, -0.2) is 4.79 Å². The molecule has 0 heterocycles. The summed E-state index contributed by atoms with van der Waals surface area (Å²) in [4.78, 5) is 26.2.